The summed E-state index contributed by atoms with van der Waals surface area (Å²) in [7, 11) is 0. The summed E-state index contributed by atoms with van der Waals surface area (Å²) in [5.41, 5.74) is 2.04. The van der Waals surface area contributed by atoms with Crippen molar-refractivity contribution in [1.82, 2.24) is 0 Å². The molecule has 0 saturated heterocycles. The molecule has 0 aromatic heterocycles. The molecule has 4 nitrogen and oxygen atoms in total. The molecule has 0 aliphatic rings. The zero-order chi connectivity index (χ0) is 19.2. The lowest BCUT2D eigenvalue weighted by Gasteiger charge is -2.08. The first-order valence-electron chi connectivity index (χ1n) is 9.49. The van der Waals surface area contributed by atoms with Gasteiger partial charge in [0.2, 0.25) is 0 Å². The van der Waals surface area contributed by atoms with E-state index in [2.05, 4.69) is 12.1 Å². The predicted octanol–water partition coefficient (Wildman–Crippen LogP) is 5.23. The molecule has 0 atom stereocenters. The molecule has 27 heavy (non-hydrogen) atoms. The van der Waals surface area contributed by atoms with Crippen molar-refractivity contribution < 1.29 is 9.47 Å². The molecular formula is C23H26N2O2. The maximum Gasteiger partial charge on any atom is 0.119 e. The Morgan fingerprint density at radius 1 is 0.556 bits per heavy atom. The van der Waals surface area contributed by atoms with Gasteiger partial charge in [-0.15, -0.1) is 0 Å². The number of nitrogens with zero attached hydrogens (tertiary/aromatic N) is 2. The average molecular weight is 362 g/mol. The molecule has 0 heterocycles. The van der Waals surface area contributed by atoms with Crippen LogP contribution >= 0.6 is 0 Å². The van der Waals surface area contributed by atoms with E-state index in [1.807, 2.05) is 48.5 Å². The number of hydrogen-bond acceptors (Lipinski definition) is 4. The molecule has 0 radical (unpaired) electrons. The average Bonchev–Trinajstić information content (AvgIpc) is 2.69. The van der Waals surface area contributed by atoms with E-state index in [0.29, 0.717) is 12.8 Å². The molecule has 2 rings (SSSR count). The number of nitriles is 2. The van der Waals surface area contributed by atoms with E-state index >= 15 is 0 Å². The first kappa shape index (κ1) is 20.3. The van der Waals surface area contributed by atoms with Crippen molar-refractivity contribution in [3.63, 3.8) is 0 Å². The van der Waals surface area contributed by atoms with Gasteiger partial charge in [-0.25, -0.2) is 0 Å². The van der Waals surface area contributed by atoms with Gasteiger partial charge in [0.05, 0.1) is 38.2 Å². The Hall–Kier alpha value is -2.98. The van der Waals surface area contributed by atoms with Crippen LogP contribution in [0.15, 0.2) is 48.5 Å². The quantitative estimate of drug-likeness (QED) is 0.485. The van der Waals surface area contributed by atoms with Crippen LogP contribution in [0.1, 0.15) is 43.2 Å². The van der Waals surface area contributed by atoms with Crippen LogP contribution < -0.4 is 9.47 Å². The number of hydrogen-bond donors (Lipinski definition) is 0. The van der Waals surface area contributed by atoms with Crippen LogP contribution in [0.5, 0.6) is 11.5 Å². The Kier molecular flexibility index (Phi) is 9.33. The second kappa shape index (κ2) is 12.4. The highest BCUT2D eigenvalue weighted by molar-refractivity contribution is 5.29. The Labute approximate surface area is 162 Å². The maximum absolute atomic E-state index is 8.65. The number of rotatable bonds is 12. The van der Waals surface area contributed by atoms with Crippen molar-refractivity contribution in [2.24, 2.45) is 0 Å². The molecular weight excluding hydrogens is 336 g/mol. The van der Waals surface area contributed by atoms with Gasteiger partial charge in [0, 0.05) is 0 Å². The molecule has 0 spiro atoms. The van der Waals surface area contributed by atoms with Crippen LogP contribution in [-0.4, -0.2) is 13.2 Å². The van der Waals surface area contributed by atoms with E-state index in [1.54, 1.807) is 0 Å². The zero-order valence-electron chi connectivity index (χ0n) is 15.7. The third-order valence-electron chi connectivity index (χ3n) is 4.24. The molecule has 4 heteroatoms. The Balaban J connectivity index is 1.46. The van der Waals surface area contributed by atoms with Gasteiger partial charge in [-0.3, -0.25) is 0 Å². The van der Waals surface area contributed by atoms with Gasteiger partial charge in [0.25, 0.3) is 0 Å². The van der Waals surface area contributed by atoms with E-state index in [9.17, 15) is 0 Å². The number of benzene rings is 2. The zero-order valence-corrected chi connectivity index (χ0v) is 15.7. The van der Waals surface area contributed by atoms with Crippen LogP contribution in [0, 0.1) is 22.7 Å². The Bertz CT molecular complexity index is 674. The van der Waals surface area contributed by atoms with E-state index in [4.69, 9.17) is 20.0 Å². The summed E-state index contributed by atoms with van der Waals surface area (Å²) >= 11 is 0. The lowest BCUT2D eigenvalue weighted by Crippen LogP contribution is -1.99. The summed E-state index contributed by atoms with van der Waals surface area (Å²) in [6.45, 7) is 1.45. The molecule has 0 bridgehead atoms. The van der Waals surface area contributed by atoms with E-state index in [0.717, 1.165) is 61.5 Å². The maximum atomic E-state index is 8.65. The van der Waals surface area contributed by atoms with Gasteiger partial charge in [-0.05, 0) is 48.2 Å². The van der Waals surface area contributed by atoms with E-state index in [1.165, 1.54) is 6.42 Å². The van der Waals surface area contributed by atoms with E-state index in [-0.39, 0.29) is 0 Å². The molecule has 2 aromatic rings. The predicted molar refractivity (Wildman–Crippen MR) is 106 cm³/mol. The van der Waals surface area contributed by atoms with Gasteiger partial charge < -0.3 is 9.47 Å². The molecule has 0 saturated carbocycles. The summed E-state index contributed by atoms with van der Waals surface area (Å²) in [6.07, 6.45) is 6.44. The summed E-state index contributed by atoms with van der Waals surface area (Å²) in [4.78, 5) is 0. The van der Waals surface area contributed by atoms with Crippen LogP contribution in [0.2, 0.25) is 0 Å². The van der Waals surface area contributed by atoms with Crippen LogP contribution in [0.25, 0.3) is 0 Å². The lowest BCUT2D eigenvalue weighted by atomic mass is 10.1. The first-order valence-corrected chi connectivity index (χ1v) is 9.49. The minimum absolute atomic E-state index is 0.441. The van der Waals surface area contributed by atoms with Gasteiger partial charge in [0.15, 0.2) is 0 Å². The lowest BCUT2D eigenvalue weighted by molar-refractivity contribution is 0.293. The number of unbranched alkanes of at least 4 members (excludes halogenated alkanes) is 4. The topological polar surface area (TPSA) is 66.0 Å². The standard InChI is InChI=1S/C23H26N2O2/c24-16-14-20-6-10-22(11-7-20)26-18-4-2-1-3-5-19-27-23-12-8-21(9-13-23)15-17-25/h6-13H,1-5,14-15,18-19H2. The van der Waals surface area contributed by atoms with Crippen LogP contribution in [-0.2, 0) is 12.8 Å². The molecule has 0 fully saturated rings. The molecule has 0 aliphatic carbocycles. The summed E-state index contributed by atoms with van der Waals surface area (Å²) in [5.74, 6) is 1.73. The van der Waals surface area contributed by atoms with Crippen molar-refractivity contribution in [3.05, 3.63) is 59.7 Å². The summed E-state index contributed by atoms with van der Waals surface area (Å²) in [6, 6.07) is 19.8. The van der Waals surface area contributed by atoms with Crippen molar-refractivity contribution in [2.75, 3.05) is 13.2 Å². The summed E-state index contributed by atoms with van der Waals surface area (Å²) < 4.78 is 11.4. The van der Waals surface area contributed by atoms with Crippen LogP contribution in [0.3, 0.4) is 0 Å². The van der Waals surface area contributed by atoms with Gasteiger partial charge in [0.1, 0.15) is 11.5 Å². The smallest absolute Gasteiger partial charge is 0.119 e. The molecule has 0 unspecified atom stereocenters. The molecule has 0 N–H and O–H groups in total. The third-order valence-corrected chi connectivity index (χ3v) is 4.24. The minimum Gasteiger partial charge on any atom is -0.494 e. The van der Waals surface area contributed by atoms with Crippen molar-refractivity contribution in [1.29, 1.82) is 10.5 Å². The SMILES string of the molecule is N#CCc1ccc(OCCCCCCCOc2ccc(CC#N)cc2)cc1. The van der Waals surface area contributed by atoms with Crippen molar-refractivity contribution in [3.8, 4) is 23.6 Å². The van der Waals surface area contributed by atoms with Crippen molar-refractivity contribution in [2.45, 2.75) is 44.9 Å². The minimum atomic E-state index is 0.441. The second-order valence-electron chi connectivity index (χ2n) is 6.42. The molecule has 0 aliphatic heterocycles. The summed E-state index contributed by atoms with van der Waals surface area (Å²) in [5, 5.41) is 17.3. The fourth-order valence-corrected chi connectivity index (χ4v) is 2.70. The fourth-order valence-electron chi connectivity index (χ4n) is 2.70. The highest BCUT2D eigenvalue weighted by Crippen LogP contribution is 2.15. The highest BCUT2D eigenvalue weighted by Gasteiger charge is 1.98. The fraction of sp³-hybridized carbons (Fsp3) is 0.391. The van der Waals surface area contributed by atoms with E-state index < -0.39 is 0 Å². The normalized spacial score (nSPS) is 10.0. The third kappa shape index (κ3) is 8.29. The molecule has 0 amide bonds. The van der Waals surface area contributed by atoms with Gasteiger partial charge >= 0.3 is 0 Å². The second-order valence-corrected chi connectivity index (χ2v) is 6.42. The van der Waals surface area contributed by atoms with Crippen LogP contribution in [0.4, 0.5) is 0 Å². The monoisotopic (exact) mass is 362 g/mol. The van der Waals surface area contributed by atoms with Gasteiger partial charge in [-0.1, -0.05) is 43.5 Å². The first-order chi connectivity index (χ1) is 13.3. The number of ether oxygens (including phenoxy) is 2. The van der Waals surface area contributed by atoms with Gasteiger partial charge in [-0.2, -0.15) is 10.5 Å². The Morgan fingerprint density at radius 2 is 0.926 bits per heavy atom. The molecule has 2 aromatic carbocycles. The molecule has 140 valence electrons. The largest absolute Gasteiger partial charge is 0.494 e. The highest BCUT2D eigenvalue weighted by atomic mass is 16.5. The van der Waals surface area contributed by atoms with Crippen molar-refractivity contribution >= 4 is 0 Å². The Morgan fingerprint density at radius 3 is 1.30 bits per heavy atom.